The standard InChI is InChI=1S/C14H19ClO3/c1-4-5-10(2)9-18-14-11(8-16)6-12(15)7-13(14)17-3/h6-8,10H,4-5,9H2,1-3H3. The molecule has 0 heterocycles. The number of aldehydes is 1. The molecule has 1 aromatic rings. The van der Waals surface area contributed by atoms with Gasteiger partial charge in [0, 0.05) is 11.1 Å². The molecule has 0 radical (unpaired) electrons. The Balaban J connectivity index is 2.88. The molecule has 0 bridgehead atoms. The van der Waals surface area contributed by atoms with E-state index in [1.165, 1.54) is 7.11 Å². The topological polar surface area (TPSA) is 35.5 Å². The first kappa shape index (κ1) is 14.8. The second kappa shape index (κ2) is 7.27. The van der Waals surface area contributed by atoms with Crippen molar-refractivity contribution in [2.45, 2.75) is 26.7 Å². The summed E-state index contributed by atoms with van der Waals surface area (Å²) in [4.78, 5) is 11.0. The van der Waals surface area contributed by atoms with E-state index in [0.29, 0.717) is 34.6 Å². The summed E-state index contributed by atoms with van der Waals surface area (Å²) in [7, 11) is 1.53. The predicted octanol–water partition coefficient (Wildman–Crippen LogP) is 3.98. The molecule has 0 aliphatic rings. The molecule has 1 atom stereocenters. The number of carbonyl (C=O) groups is 1. The first-order valence-corrected chi connectivity index (χ1v) is 6.45. The van der Waals surface area contributed by atoms with Crippen LogP contribution in [0.15, 0.2) is 12.1 Å². The number of ether oxygens (including phenoxy) is 2. The van der Waals surface area contributed by atoms with Crippen molar-refractivity contribution in [2.75, 3.05) is 13.7 Å². The minimum absolute atomic E-state index is 0.419. The van der Waals surface area contributed by atoms with Gasteiger partial charge in [-0.3, -0.25) is 4.79 Å². The lowest BCUT2D eigenvalue weighted by Gasteiger charge is -2.16. The minimum atomic E-state index is 0.419. The molecule has 100 valence electrons. The lowest BCUT2D eigenvalue weighted by atomic mass is 10.1. The third-order valence-corrected chi connectivity index (χ3v) is 2.91. The van der Waals surface area contributed by atoms with E-state index in [0.717, 1.165) is 19.1 Å². The highest BCUT2D eigenvalue weighted by atomic mass is 35.5. The third kappa shape index (κ3) is 3.91. The summed E-state index contributed by atoms with van der Waals surface area (Å²) >= 11 is 5.90. The van der Waals surface area contributed by atoms with Crippen LogP contribution in [0.2, 0.25) is 5.02 Å². The van der Waals surface area contributed by atoms with Crippen molar-refractivity contribution < 1.29 is 14.3 Å². The van der Waals surface area contributed by atoms with Crippen LogP contribution in [0.3, 0.4) is 0 Å². The highest BCUT2D eigenvalue weighted by molar-refractivity contribution is 6.31. The maximum Gasteiger partial charge on any atom is 0.171 e. The molecule has 0 saturated heterocycles. The summed E-state index contributed by atoms with van der Waals surface area (Å²) in [5, 5.41) is 0.461. The van der Waals surface area contributed by atoms with Crippen LogP contribution in [-0.2, 0) is 0 Å². The van der Waals surface area contributed by atoms with Crippen molar-refractivity contribution in [2.24, 2.45) is 5.92 Å². The van der Waals surface area contributed by atoms with Crippen molar-refractivity contribution in [1.82, 2.24) is 0 Å². The molecule has 18 heavy (non-hydrogen) atoms. The van der Waals surface area contributed by atoms with Crippen molar-refractivity contribution in [3.05, 3.63) is 22.7 Å². The minimum Gasteiger partial charge on any atom is -0.493 e. The molecule has 0 saturated carbocycles. The van der Waals surface area contributed by atoms with E-state index >= 15 is 0 Å². The normalized spacial score (nSPS) is 12.0. The van der Waals surface area contributed by atoms with Crippen LogP contribution >= 0.6 is 11.6 Å². The third-order valence-electron chi connectivity index (χ3n) is 2.69. The van der Waals surface area contributed by atoms with Crippen LogP contribution in [-0.4, -0.2) is 20.0 Å². The second-order valence-electron chi connectivity index (χ2n) is 4.35. The van der Waals surface area contributed by atoms with Gasteiger partial charge in [-0.1, -0.05) is 31.9 Å². The molecule has 4 heteroatoms. The van der Waals surface area contributed by atoms with Gasteiger partial charge in [0.15, 0.2) is 17.8 Å². The largest absolute Gasteiger partial charge is 0.493 e. The highest BCUT2D eigenvalue weighted by Crippen LogP contribution is 2.34. The summed E-state index contributed by atoms with van der Waals surface area (Å²) in [5.74, 6) is 1.41. The van der Waals surface area contributed by atoms with E-state index in [9.17, 15) is 4.79 Å². The van der Waals surface area contributed by atoms with Crippen molar-refractivity contribution in [1.29, 1.82) is 0 Å². The SMILES string of the molecule is CCCC(C)COc1c(C=O)cc(Cl)cc1OC. The van der Waals surface area contributed by atoms with E-state index < -0.39 is 0 Å². The molecule has 0 aliphatic carbocycles. The van der Waals surface area contributed by atoms with Crippen molar-refractivity contribution >= 4 is 17.9 Å². The van der Waals surface area contributed by atoms with E-state index in [2.05, 4.69) is 13.8 Å². The van der Waals surface area contributed by atoms with Gasteiger partial charge in [0.2, 0.25) is 0 Å². The maximum absolute atomic E-state index is 11.0. The van der Waals surface area contributed by atoms with Crippen LogP contribution in [0.1, 0.15) is 37.0 Å². The Hall–Kier alpha value is -1.22. The average molecular weight is 271 g/mol. The number of rotatable bonds is 7. The molecule has 0 spiro atoms. The number of hydrogen-bond donors (Lipinski definition) is 0. The first-order valence-electron chi connectivity index (χ1n) is 6.07. The Morgan fingerprint density at radius 3 is 2.72 bits per heavy atom. The smallest absolute Gasteiger partial charge is 0.171 e. The van der Waals surface area contributed by atoms with Gasteiger partial charge in [-0.25, -0.2) is 0 Å². The molecule has 0 fully saturated rings. The average Bonchev–Trinajstić information content (AvgIpc) is 2.36. The zero-order chi connectivity index (χ0) is 13.5. The molecule has 0 aromatic heterocycles. The Bertz CT molecular complexity index is 404. The number of halogens is 1. The number of hydrogen-bond acceptors (Lipinski definition) is 3. The molecular weight excluding hydrogens is 252 g/mol. The van der Waals surface area contributed by atoms with Crippen LogP contribution in [0.25, 0.3) is 0 Å². The molecule has 1 aromatic carbocycles. The van der Waals surface area contributed by atoms with E-state index in [1.807, 2.05) is 0 Å². The molecule has 0 amide bonds. The van der Waals surface area contributed by atoms with Gasteiger partial charge in [-0.05, 0) is 18.4 Å². The van der Waals surface area contributed by atoms with Gasteiger partial charge in [-0.2, -0.15) is 0 Å². The summed E-state index contributed by atoms with van der Waals surface area (Å²) in [6.07, 6.45) is 2.93. The van der Waals surface area contributed by atoms with Crippen LogP contribution < -0.4 is 9.47 Å². The van der Waals surface area contributed by atoms with E-state index in [-0.39, 0.29) is 0 Å². The van der Waals surface area contributed by atoms with Gasteiger partial charge in [0.25, 0.3) is 0 Å². The molecule has 1 unspecified atom stereocenters. The van der Waals surface area contributed by atoms with Gasteiger partial charge >= 0.3 is 0 Å². The fourth-order valence-corrected chi connectivity index (χ4v) is 2.00. The predicted molar refractivity (Wildman–Crippen MR) is 73.0 cm³/mol. The van der Waals surface area contributed by atoms with E-state index in [1.54, 1.807) is 12.1 Å². The van der Waals surface area contributed by atoms with Gasteiger partial charge in [-0.15, -0.1) is 0 Å². The Morgan fingerprint density at radius 1 is 1.44 bits per heavy atom. The Labute approximate surface area is 113 Å². The number of carbonyl (C=O) groups excluding carboxylic acids is 1. The number of methoxy groups -OCH3 is 1. The lowest BCUT2D eigenvalue weighted by molar-refractivity contribution is 0.111. The maximum atomic E-state index is 11.0. The van der Waals surface area contributed by atoms with Gasteiger partial charge in [0.1, 0.15) is 0 Å². The zero-order valence-corrected chi connectivity index (χ0v) is 11.8. The van der Waals surface area contributed by atoms with Gasteiger partial charge < -0.3 is 9.47 Å². The van der Waals surface area contributed by atoms with Crippen molar-refractivity contribution in [3.8, 4) is 11.5 Å². The van der Waals surface area contributed by atoms with Crippen molar-refractivity contribution in [3.63, 3.8) is 0 Å². The second-order valence-corrected chi connectivity index (χ2v) is 4.79. The monoisotopic (exact) mass is 270 g/mol. The molecule has 0 aliphatic heterocycles. The zero-order valence-electron chi connectivity index (χ0n) is 11.0. The van der Waals surface area contributed by atoms with Crippen LogP contribution in [0.4, 0.5) is 0 Å². The van der Waals surface area contributed by atoms with E-state index in [4.69, 9.17) is 21.1 Å². The molecule has 1 rings (SSSR count). The summed E-state index contributed by atoms with van der Waals surface area (Å²) in [6.45, 7) is 4.81. The lowest BCUT2D eigenvalue weighted by Crippen LogP contribution is -2.10. The fourth-order valence-electron chi connectivity index (χ4n) is 1.78. The van der Waals surface area contributed by atoms with Crippen LogP contribution in [0.5, 0.6) is 11.5 Å². The summed E-state index contributed by atoms with van der Waals surface area (Å²) in [6, 6.07) is 3.23. The first-order chi connectivity index (χ1) is 8.62. The fraction of sp³-hybridized carbons (Fsp3) is 0.500. The molecule has 0 N–H and O–H groups in total. The quantitative estimate of drug-likeness (QED) is 0.703. The Morgan fingerprint density at radius 2 is 2.17 bits per heavy atom. The van der Waals surface area contributed by atoms with Gasteiger partial charge in [0.05, 0.1) is 19.3 Å². The summed E-state index contributed by atoms with van der Waals surface area (Å²) in [5.41, 5.74) is 0.419. The molecular formula is C14H19ClO3. The van der Waals surface area contributed by atoms with Crippen LogP contribution in [0, 0.1) is 5.92 Å². The number of benzene rings is 1. The highest BCUT2D eigenvalue weighted by Gasteiger charge is 2.13. The Kier molecular flexibility index (Phi) is 5.99. The summed E-state index contributed by atoms with van der Waals surface area (Å²) < 4.78 is 10.9. The molecule has 3 nitrogen and oxygen atoms in total.